The van der Waals surface area contributed by atoms with E-state index in [0.29, 0.717) is 12.7 Å². The Labute approximate surface area is 61.8 Å². The second-order valence-corrected chi connectivity index (χ2v) is 2.68. The summed E-state index contributed by atoms with van der Waals surface area (Å²) in [4.78, 5) is 0. The fourth-order valence-corrected chi connectivity index (χ4v) is 1.26. The van der Waals surface area contributed by atoms with Crippen LogP contribution in [0.3, 0.4) is 0 Å². The van der Waals surface area contributed by atoms with Gasteiger partial charge in [0, 0.05) is 6.54 Å². The normalized spacial score (nSPS) is 26.7. The average molecular weight is 144 g/mol. The summed E-state index contributed by atoms with van der Waals surface area (Å²) in [5, 5.41) is 15.0. The van der Waals surface area contributed by atoms with Crippen molar-refractivity contribution in [2.75, 3.05) is 19.7 Å². The van der Waals surface area contributed by atoms with Gasteiger partial charge in [-0.25, -0.2) is 0 Å². The highest BCUT2D eigenvalue weighted by Gasteiger charge is 2.09. The van der Waals surface area contributed by atoms with Crippen molar-refractivity contribution in [2.24, 2.45) is 0 Å². The van der Waals surface area contributed by atoms with Gasteiger partial charge >= 0.3 is 0 Å². The maximum Gasteiger partial charge on any atom is 0.0572 e. The molecule has 0 amide bonds. The largest absolute Gasteiger partial charge is 0.395 e. The Balaban J connectivity index is 2.02. The van der Waals surface area contributed by atoms with E-state index in [1.54, 1.807) is 0 Å². The van der Waals surface area contributed by atoms with Gasteiger partial charge in [-0.05, 0) is 25.8 Å². The van der Waals surface area contributed by atoms with Crippen molar-refractivity contribution in [3.05, 3.63) is 0 Å². The molecule has 3 heteroatoms. The SMILES string of the molecule is OCCNC1CCCCN1. The maximum atomic E-state index is 8.51. The molecule has 1 unspecified atom stereocenters. The van der Waals surface area contributed by atoms with E-state index in [-0.39, 0.29) is 6.61 Å². The fraction of sp³-hybridized carbons (Fsp3) is 1.00. The molecule has 0 spiro atoms. The number of rotatable bonds is 3. The van der Waals surface area contributed by atoms with Crippen molar-refractivity contribution < 1.29 is 5.11 Å². The van der Waals surface area contributed by atoms with Gasteiger partial charge in [0.2, 0.25) is 0 Å². The molecule has 1 atom stereocenters. The van der Waals surface area contributed by atoms with Crippen LogP contribution in [0.2, 0.25) is 0 Å². The van der Waals surface area contributed by atoms with Gasteiger partial charge in [0.05, 0.1) is 12.8 Å². The van der Waals surface area contributed by atoms with E-state index in [1.807, 2.05) is 0 Å². The van der Waals surface area contributed by atoms with Crippen molar-refractivity contribution in [3.8, 4) is 0 Å². The molecule has 1 rings (SSSR count). The Morgan fingerprint density at radius 3 is 3.00 bits per heavy atom. The number of aliphatic hydroxyl groups is 1. The minimum absolute atomic E-state index is 0.234. The molecule has 3 nitrogen and oxygen atoms in total. The number of hydrogen-bond donors (Lipinski definition) is 3. The van der Waals surface area contributed by atoms with Gasteiger partial charge in [0.15, 0.2) is 0 Å². The quantitative estimate of drug-likeness (QED) is 0.508. The first-order valence-corrected chi connectivity index (χ1v) is 4.01. The van der Waals surface area contributed by atoms with E-state index in [1.165, 1.54) is 19.3 Å². The lowest BCUT2D eigenvalue weighted by Gasteiger charge is -2.23. The van der Waals surface area contributed by atoms with Crippen molar-refractivity contribution in [1.82, 2.24) is 10.6 Å². The summed E-state index contributed by atoms with van der Waals surface area (Å²) in [6.45, 7) is 2.05. The molecule has 0 bridgehead atoms. The molecule has 0 radical (unpaired) electrons. The molecular formula is C7H16N2O. The van der Waals surface area contributed by atoms with Crippen LogP contribution in [0.15, 0.2) is 0 Å². The standard InChI is InChI=1S/C7H16N2O/c10-6-5-9-7-3-1-2-4-8-7/h7-10H,1-6H2. The van der Waals surface area contributed by atoms with Crippen LogP contribution in [0, 0.1) is 0 Å². The molecule has 1 heterocycles. The number of hydrogen-bond acceptors (Lipinski definition) is 3. The zero-order valence-electron chi connectivity index (χ0n) is 6.27. The minimum atomic E-state index is 0.234. The summed E-state index contributed by atoms with van der Waals surface area (Å²) < 4.78 is 0. The third kappa shape index (κ3) is 2.64. The van der Waals surface area contributed by atoms with Crippen LogP contribution in [-0.2, 0) is 0 Å². The van der Waals surface area contributed by atoms with Crippen LogP contribution in [0.25, 0.3) is 0 Å². The first kappa shape index (κ1) is 7.98. The van der Waals surface area contributed by atoms with Crippen molar-refractivity contribution in [3.63, 3.8) is 0 Å². The molecule has 1 fully saturated rings. The third-order valence-electron chi connectivity index (χ3n) is 1.81. The van der Waals surface area contributed by atoms with Crippen molar-refractivity contribution in [2.45, 2.75) is 25.4 Å². The van der Waals surface area contributed by atoms with Gasteiger partial charge in [0.1, 0.15) is 0 Å². The van der Waals surface area contributed by atoms with Crippen LogP contribution in [0.4, 0.5) is 0 Å². The summed E-state index contributed by atoms with van der Waals surface area (Å²) in [6, 6.07) is 0. The van der Waals surface area contributed by atoms with Crippen LogP contribution in [-0.4, -0.2) is 31.0 Å². The van der Waals surface area contributed by atoms with Crippen molar-refractivity contribution in [1.29, 1.82) is 0 Å². The van der Waals surface area contributed by atoms with Crippen LogP contribution < -0.4 is 10.6 Å². The van der Waals surface area contributed by atoms with Gasteiger partial charge in [0.25, 0.3) is 0 Å². The lowest BCUT2D eigenvalue weighted by Crippen LogP contribution is -2.46. The number of nitrogens with one attached hydrogen (secondary N) is 2. The Morgan fingerprint density at radius 1 is 1.50 bits per heavy atom. The first-order valence-electron chi connectivity index (χ1n) is 4.01. The topological polar surface area (TPSA) is 44.3 Å². The highest BCUT2D eigenvalue weighted by molar-refractivity contribution is 4.69. The van der Waals surface area contributed by atoms with Gasteiger partial charge in [-0.2, -0.15) is 0 Å². The highest BCUT2D eigenvalue weighted by atomic mass is 16.3. The molecule has 3 N–H and O–H groups in total. The predicted molar refractivity (Wildman–Crippen MR) is 40.7 cm³/mol. The van der Waals surface area contributed by atoms with E-state index in [9.17, 15) is 0 Å². The summed E-state index contributed by atoms with van der Waals surface area (Å²) in [5.74, 6) is 0. The van der Waals surface area contributed by atoms with E-state index < -0.39 is 0 Å². The summed E-state index contributed by atoms with van der Waals surface area (Å²) in [6.07, 6.45) is 4.23. The average Bonchev–Trinajstić information content (AvgIpc) is 2.03. The molecule has 10 heavy (non-hydrogen) atoms. The molecule has 0 aromatic rings. The molecule has 1 aliphatic rings. The molecule has 60 valence electrons. The maximum absolute atomic E-state index is 8.51. The molecule has 0 saturated carbocycles. The number of piperidine rings is 1. The molecule has 0 aliphatic carbocycles. The van der Waals surface area contributed by atoms with Gasteiger partial charge in [-0.1, -0.05) is 0 Å². The first-order chi connectivity index (χ1) is 4.93. The van der Waals surface area contributed by atoms with Crippen LogP contribution >= 0.6 is 0 Å². The Hall–Kier alpha value is -0.120. The Bertz CT molecular complexity index is 81.7. The Morgan fingerprint density at radius 2 is 2.40 bits per heavy atom. The second kappa shape index (κ2) is 4.66. The second-order valence-electron chi connectivity index (χ2n) is 2.68. The molecule has 1 aliphatic heterocycles. The molecule has 1 saturated heterocycles. The van der Waals surface area contributed by atoms with E-state index in [2.05, 4.69) is 10.6 Å². The lowest BCUT2D eigenvalue weighted by molar-refractivity contribution is 0.264. The van der Waals surface area contributed by atoms with Gasteiger partial charge in [-0.15, -0.1) is 0 Å². The van der Waals surface area contributed by atoms with Gasteiger partial charge in [-0.3, -0.25) is 5.32 Å². The van der Waals surface area contributed by atoms with Crippen molar-refractivity contribution >= 4 is 0 Å². The molecule has 0 aromatic heterocycles. The number of aliphatic hydroxyl groups excluding tert-OH is 1. The zero-order valence-corrected chi connectivity index (χ0v) is 6.27. The zero-order chi connectivity index (χ0) is 7.23. The van der Waals surface area contributed by atoms with Gasteiger partial charge < -0.3 is 10.4 Å². The lowest BCUT2D eigenvalue weighted by atomic mass is 10.1. The Kier molecular flexibility index (Phi) is 3.72. The summed E-state index contributed by atoms with van der Waals surface area (Å²) in [5.41, 5.74) is 0. The minimum Gasteiger partial charge on any atom is -0.395 e. The fourth-order valence-electron chi connectivity index (χ4n) is 1.26. The van der Waals surface area contributed by atoms with E-state index >= 15 is 0 Å². The highest BCUT2D eigenvalue weighted by Crippen LogP contribution is 2.03. The summed E-state index contributed by atoms with van der Waals surface area (Å²) in [7, 11) is 0. The monoisotopic (exact) mass is 144 g/mol. The smallest absolute Gasteiger partial charge is 0.0572 e. The third-order valence-corrected chi connectivity index (χ3v) is 1.81. The predicted octanol–water partition coefficient (Wildman–Crippen LogP) is -0.332. The van der Waals surface area contributed by atoms with Crippen LogP contribution in [0.5, 0.6) is 0 Å². The van der Waals surface area contributed by atoms with E-state index in [4.69, 9.17) is 5.11 Å². The summed E-state index contributed by atoms with van der Waals surface area (Å²) >= 11 is 0. The van der Waals surface area contributed by atoms with E-state index in [0.717, 1.165) is 6.54 Å². The van der Waals surface area contributed by atoms with Crippen LogP contribution in [0.1, 0.15) is 19.3 Å². The molecule has 0 aromatic carbocycles. The molecular weight excluding hydrogens is 128 g/mol.